The lowest BCUT2D eigenvalue weighted by atomic mass is 10.2. The number of nitrogens with two attached hydrogens (primary N) is 1. The molecule has 0 spiro atoms. The molecule has 1 unspecified atom stereocenters. The fourth-order valence-corrected chi connectivity index (χ4v) is 2.18. The number of imidazole rings is 1. The van der Waals surface area contributed by atoms with E-state index in [1.807, 2.05) is 25.2 Å². The van der Waals surface area contributed by atoms with Gasteiger partial charge in [0.1, 0.15) is 0 Å². The highest BCUT2D eigenvalue weighted by Gasteiger charge is 2.22. The lowest BCUT2D eigenvalue weighted by Crippen LogP contribution is -2.32. The predicted octanol–water partition coefficient (Wildman–Crippen LogP) is 1.37. The molecule has 1 aromatic heterocycles. The Bertz CT molecular complexity index is 530. The van der Waals surface area contributed by atoms with Crippen LogP contribution < -0.4 is 10.6 Å². The van der Waals surface area contributed by atoms with Gasteiger partial charge in [-0.15, -0.1) is 0 Å². The number of H-pyrrole nitrogens is 1. The summed E-state index contributed by atoms with van der Waals surface area (Å²) in [4.78, 5) is 9.99. The number of anilines is 2. The maximum atomic E-state index is 5.75. The minimum Gasteiger partial charge on any atom is -0.399 e. The molecule has 1 aliphatic heterocycles. The van der Waals surface area contributed by atoms with Crippen molar-refractivity contribution in [2.75, 3.05) is 30.9 Å². The average Bonchev–Trinajstić information content (AvgIpc) is 2.96. The highest BCUT2D eigenvalue weighted by Crippen LogP contribution is 2.22. The standard InChI is InChI=1S/C12H16N4O/c1-16(9-4-5-17-7-9)12-14-10-3-2-8(13)6-11(10)15-12/h2-3,6,9H,4-5,7,13H2,1H3,(H,14,15). The summed E-state index contributed by atoms with van der Waals surface area (Å²) in [6.45, 7) is 1.61. The van der Waals surface area contributed by atoms with E-state index in [1.54, 1.807) is 0 Å². The first kappa shape index (κ1) is 10.4. The van der Waals surface area contributed by atoms with Gasteiger partial charge in [-0.2, -0.15) is 0 Å². The van der Waals surface area contributed by atoms with Crippen LogP contribution in [0.1, 0.15) is 6.42 Å². The maximum Gasteiger partial charge on any atom is 0.203 e. The molecule has 17 heavy (non-hydrogen) atoms. The molecule has 1 atom stereocenters. The molecule has 5 heteroatoms. The molecule has 3 N–H and O–H groups in total. The third-order valence-corrected chi connectivity index (χ3v) is 3.28. The molecule has 0 radical (unpaired) electrons. The van der Waals surface area contributed by atoms with Crippen molar-refractivity contribution in [3.8, 4) is 0 Å². The molecule has 1 aromatic carbocycles. The third-order valence-electron chi connectivity index (χ3n) is 3.28. The highest BCUT2D eigenvalue weighted by molar-refractivity contribution is 5.80. The summed E-state index contributed by atoms with van der Waals surface area (Å²) in [6, 6.07) is 6.12. The number of aromatic nitrogens is 2. The van der Waals surface area contributed by atoms with Crippen molar-refractivity contribution in [1.82, 2.24) is 9.97 Å². The largest absolute Gasteiger partial charge is 0.399 e. The van der Waals surface area contributed by atoms with Gasteiger partial charge in [-0.05, 0) is 24.6 Å². The van der Waals surface area contributed by atoms with Crippen LogP contribution >= 0.6 is 0 Å². The van der Waals surface area contributed by atoms with Crippen LogP contribution in [0.5, 0.6) is 0 Å². The molecular weight excluding hydrogens is 216 g/mol. The smallest absolute Gasteiger partial charge is 0.203 e. The molecule has 90 valence electrons. The van der Waals surface area contributed by atoms with Crippen LogP contribution in [0.3, 0.4) is 0 Å². The second kappa shape index (κ2) is 3.92. The monoisotopic (exact) mass is 232 g/mol. The zero-order valence-electron chi connectivity index (χ0n) is 9.81. The summed E-state index contributed by atoms with van der Waals surface area (Å²) in [6.07, 6.45) is 1.05. The van der Waals surface area contributed by atoms with E-state index in [2.05, 4.69) is 14.9 Å². The van der Waals surface area contributed by atoms with E-state index in [9.17, 15) is 0 Å². The molecule has 0 bridgehead atoms. The van der Waals surface area contributed by atoms with E-state index in [-0.39, 0.29) is 0 Å². The molecule has 1 fully saturated rings. The topological polar surface area (TPSA) is 67.2 Å². The first-order valence-electron chi connectivity index (χ1n) is 5.80. The van der Waals surface area contributed by atoms with Gasteiger partial charge >= 0.3 is 0 Å². The second-order valence-electron chi connectivity index (χ2n) is 4.47. The summed E-state index contributed by atoms with van der Waals surface area (Å²) < 4.78 is 5.39. The zero-order valence-corrected chi connectivity index (χ0v) is 9.81. The minimum atomic E-state index is 0.410. The number of nitrogens with zero attached hydrogens (tertiary/aromatic N) is 2. The van der Waals surface area contributed by atoms with Crippen molar-refractivity contribution in [3.05, 3.63) is 18.2 Å². The summed E-state index contributed by atoms with van der Waals surface area (Å²) in [5, 5.41) is 0. The van der Waals surface area contributed by atoms with E-state index in [4.69, 9.17) is 10.5 Å². The van der Waals surface area contributed by atoms with E-state index < -0.39 is 0 Å². The van der Waals surface area contributed by atoms with Crippen LogP contribution in [0.15, 0.2) is 18.2 Å². The summed E-state index contributed by atoms with van der Waals surface area (Å²) in [7, 11) is 2.04. The normalized spacial score (nSPS) is 19.9. The number of aromatic amines is 1. The molecular formula is C12H16N4O. The maximum absolute atomic E-state index is 5.75. The molecule has 5 nitrogen and oxygen atoms in total. The van der Waals surface area contributed by atoms with Crippen molar-refractivity contribution < 1.29 is 4.74 Å². The molecule has 2 heterocycles. The molecule has 0 aliphatic carbocycles. The van der Waals surface area contributed by atoms with Crippen LogP contribution in [0.25, 0.3) is 11.0 Å². The Kier molecular flexibility index (Phi) is 2.40. The number of benzene rings is 1. The molecule has 3 rings (SSSR count). The SMILES string of the molecule is CN(c1nc2ccc(N)cc2[nH]1)C1CCOC1. The number of nitrogens with one attached hydrogen (secondary N) is 1. The predicted molar refractivity (Wildman–Crippen MR) is 68.1 cm³/mol. The lowest BCUT2D eigenvalue weighted by molar-refractivity contribution is 0.193. The number of ether oxygens (including phenoxy) is 1. The van der Waals surface area contributed by atoms with E-state index >= 15 is 0 Å². The van der Waals surface area contributed by atoms with Crippen molar-refractivity contribution >= 4 is 22.7 Å². The molecule has 0 saturated carbocycles. The van der Waals surface area contributed by atoms with Crippen molar-refractivity contribution in [3.63, 3.8) is 0 Å². The van der Waals surface area contributed by atoms with Gasteiger partial charge < -0.3 is 20.4 Å². The van der Waals surface area contributed by atoms with Crippen LogP contribution in [-0.2, 0) is 4.74 Å². The second-order valence-corrected chi connectivity index (χ2v) is 4.47. The van der Waals surface area contributed by atoms with Crippen molar-refractivity contribution in [2.45, 2.75) is 12.5 Å². The number of nitrogen functional groups attached to an aromatic ring is 1. The molecule has 2 aromatic rings. The van der Waals surface area contributed by atoms with Gasteiger partial charge in [0.25, 0.3) is 0 Å². The Balaban J connectivity index is 1.94. The average molecular weight is 232 g/mol. The first-order valence-corrected chi connectivity index (χ1v) is 5.80. The van der Waals surface area contributed by atoms with Crippen LogP contribution in [0.4, 0.5) is 11.6 Å². The number of hydrogen-bond donors (Lipinski definition) is 2. The number of hydrogen-bond acceptors (Lipinski definition) is 4. The van der Waals surface area contributed by atoms with Crippen molar-refractivity contribution in [2.24, 2.45) is 0 Å². The summed E-state index contributed by atoms with van der Waals surface area (Å²) in [5.41, 5.74) is 8.42. The number of rotatable bonds is 2. The Morgan fingerprint density at radius 1 is 1.53 bits per heavy atom. The van der Waals surface area contributed by atoms with E-state index in [1.165, 1.54) is 0 Å². The minimum absolute atomic E-state index is 0.410. The van der Waals surface area contributed by atoms with Crippen LogP contribution in [-0.4, -0.2) is 36.3 Å². The van der Waals surface area contributed by atoms with Gasteiger partial charge in [-0.25, -0.2) is 4.98 Å². The Labute approximate surface area is 99.6 Å². The van der Waals surface area contributed by atoms with Gasteiger partial charge in [-0.3, -0.25) is 0 Å². The van der Waals surface area contributed by atoms with Gasteiger partial charge in [-0.1, -0.05) is 0 Å². The first-order chi connectivity index (χ1) is 8.24. The zero-order chi connectivity index (χ0) is 11.8. The highest BCUT2D eigenvalue weighted by atomic mass is 16.5. The van der Waals surface area contributed by atoms with Crippen LogP contribution in [0.2, 0.25) is 0 Å². The fourth-order valence-electron chi connectivity index (χ4n) is 2.18. The lowest BCUT2D eigenvalue weighted by Gasteiger charge is -2.21. The summed E-state index contributed by atoms with van der Waals surface area (Å²) in [5.74, 6) is 0.876. The quantitative estimate of drug-likeness (QED) is 0.767. The van der Waals surface area contributed by atoms with Gasteiger partial charge in [0.2, 0.25) is 5.95 Å². The van der Waals surface area contributed by atoms with Gasteiger partial charge in [0, 0.05) is 19.3 Å². The van der Waals surface area contributed by atoms with Gasteiger partial charge in [0.15, 0.2) is 0 Å². The van der Waals surface area contributed by atoms with Gasteiger partial charge in [0.05, 0.1) is 23.7 Å². The fraction of sp³-hybridized carbons (Fsp3) is 0.417. The van der Waals surface area contributed by atoms with Crippen molar-refractivity contribution in [1.29, 1.82) is 0 Å². The van der Waals surface area contributed by atoms with E-state index in [0.29, 0.717) is 6.04 Å². The Morgan fingerprint density at radius 3 is 3.18 bits per heavy atom. The molecule has 1 saturated heterocycles. The molecule has 1 aliphatic rings. The Hall–Kier alpha value is -1.75. The Morgan fingerprint density at radius 2 is 2.41 bits per heavy atom. The molecule has 0 amide bonds. The number of likely N-dealkylation sites (N-methyl/N-ethyl adjacent to an activating group) is 1. The van der Waals surface area contributed by atoms with Crippen LogP contribution in [0, 0.1) is 0 Å². The van der Waals surface area contributed by atoms with E-state index in [0.717, 1.165) is 42.3 Å². The summed E-state index contributed by atoms with van der Waals surface area (Å²) >= 11 is 0. The number of fused-ring (bicyclic) bond motifs is 1. The third kappa shape index (κ3) is 1.82.